The van der Waals surface area contributed by atoms with E-state index in [4.69, 9.17) is 0 Å². The van der Waals surface area contributed by atoms with Gasteiger partial charge < -0.3 is 4.90 Å². The van der Waals surface area contributed by atoms with E-state index in [1.54, 1.807) is 0 Å². The van der Waals surface area contributed by atoms with Crippen LogP contribution in [0.15, 0.2) is 66.7 Å². The van der Waals surface area contributed by atoms with Gasteiger partial charge in [-0.2, -0.15) is 0 Å². The molecule has 2 aromatic carbocycles. The molecule has 178 valence electrons. The second kappa shape index (κ2) is 7.99. The van der Waals surface area contributed by atoms with Gasteiger partial charge in [-0.05, 0) is 29.3 Å². The van der Waals surface area contributed by atoms with Gasteiger partial charge in [-0.1, -0.05) is 36.4 Å². The molecule has 0 atom stereocenters. The monoisotopic (exact) mass is 504 g/mol. The van der Waals surface area contributed by atoms with Crippen LogP contribution in [0.4, 0.5) is 30.9 Å². The molecule has 2 aromatic rings. The van der Waals surface area contributed by atoms with Gasteiger partial charge in [-0.25, -0.2) is 4.58 Å². The van der Waals surface area contributed by atoms with E-state index in [0.29, 0.717) is 0 Å². The molecule has 33 heavy (non-hydrogen) atoms. The van der Waals surface area contributed by atoms with Crippen molar-refractivity contribution in [2.75, 3.05) is 33.1 Å². The van der Waals surface area contributed by atoms with Crippen molar-refractivity contribution in [1.29, 1.82) is 0 Å². The molecule has 1 aliphatic carbocycles. The molecule has 0 N–H and O–H groups in total. The predicted octanol–water partition coefficient (Wildman–Crippen LogP) is 8.15. The Labute approximate surface area is 191 Å². The number of rotatable bonds is 2. The summed E-state index contributed by atoms with van der Waals surface area (Å²) >= 11 is 1.87. The number of hydrogen-bond acceptors (Lipinski definition) is 2. The molecule has 1 aliphatic heterocycles. The summed E-state index contributed by atoms with van der Waals surface area (Å²) in [5.74, 6) is 0. The van der Waals surface area contributed by atoms with Gasteiger partial charge in [-0.3, -0.25) is 0 Å². The topological polar surface area (TPSA) is 6.25 Å². The van der Waals surface area contributed by atoms with E-state index in [9.17, 15) is 25.2 Å². The van der Waals surface area contributed by atoms with Crippen LogP contribution >= 0.6 is 19.1 Å². The molecule has 0 amide bonds. The molecule has 0 spiro atoms. The average molecular weight is 504 g/mol. The zero-order chi connectivity index (χ0) is 24.7. The zero-order valence-electron chi connectivity index (χ0n) is 18.4. The summed E-state index contributed by atoms with van der Waals surface area (Å²) in [4.78, 5) is 3.48. The van der Waals surface area contributed by atoms with Crippen LogP contribution in [-0.4, -0.2) is 28.2 Å². The van der Waals surface area contributed by atoms with E-state index in [1.807, 2.05) is 11.3 Å². The van der Waals surface area contributed by atoms with Gasteiger partial charge >= 0.3 is 33.0 Å². The Morgan fingerprint density at radius 3 is 1.94 bits per heavy atom. The van der Waals surface area contributed by atoms with Gasteiger partial charge in [0.15, 0.2) is 0 Å². The maximum atomic E-state index is 9.87. The van der Waals surface area contributed by atoms with Crippen molar-refractivity contribution in [3.63, 3.8) is 0 Å². The number of hydrogen-bond donors (Lipinski definition) is 0. The third-order valence-electron chi connectivity index (χ3n) is 4.78. The number of halogens is 6. The fourth-order valence-electron chi connectivity index (χ4n) is 3.34. The fourth-order valence-corrected chi connectivity index (χ4v) is 4.50. The Morgan fingerprint density at radius 2 is 1.39 bits per heavy atom. The number of nitrogens with zero attached hydrogens (tertiary/aromatic N) is 2. The van der Waals surface area contributed by atoms with Crippen molar-refractivity contribution in [2.45, 2.75) is 0 Å². The second-order valence-corrected chi connectivity index (χ2v) is 11.0. The van der Waals surface area contributed by atoms with Crippen molar-refractivity contribution in [3.05, 3.63) is 72.1 Å². The first-order chi connectivity index (χ1) is 15.0. The molecule has 0 fully saturated rings. The molecule has 0 aromatic heterocycles. The van der Waals surface area contributed by atoms with Crippen molar-refractivity contribution in [1.82, 2.24) is 4.58 Å². The Kier molecular flexibility index (Phi) is 6.05. The van der Waals surface area contributed by atoms with E-state index >= 15 is 0 Å². The Balaban J connectivity index is 0.000000383. The number of anilines is 1. The summed E-state index contributed by atoms with van der Waals surface area (Å²) in [6.45, 7) is 0. The van der Waals surface area contributed by atoms with Crippen LogP contribution in [0.1, 0.15) is 0 Å². The summed E-state index contributed by atoms with van der Waals surface area (Å²) in [6.07, 6.45) is 0. The Hall–Kier alpha value is -2.64. The summed E-state index contributed by atoms with van der Waals surface area (Å²) in [5.41, 5.74) is 5.14. The Bertz CT molecular complexity index is 1330. The predicted molar refractivity (Wildman–Crippen MR) is 129 cm³/mol. The molecular weight excluding hydrogens is 481 g/mol. The molecule has 2 nitrogen and oxygen atoms in total. The molecule has 4 rings (SSSR count). The summed E-state index contributed by atoms with van der Waals surface area (Å²) in [7, 11) is -2.29. The van der Waals surface area contributed by atoms with Gasteiger partial charge in [0.25, 0.3) is 0 Å². The van der Waals surface area contributed by atoms with Crippen LogP contribution in [0.5, 0.6) is 0 Å². The summed E-state index contributed by atoms with van der Waals surface area (Å²) in [5, 5.41) is 2.55. The maximum absolute atomic E-state index is 10.7. The number of fused-ring (bicyclic) bond motifs is 2. The molecule has 0 radical (unpaired) electrons. The van der Waals surface area contributed by atoms with Crippen LogP contribution in [0.25, 0.3) is 31.7 Å². The third kappa shape index (κ3) is 7.17. The Morgan fingerprint density at radius 1 is 0.788 bits per heavy atom. The minimum atomic E-state index is -10.7. The van der Waals surface area contributed by atoms with Gasteiger partial charge in [0.05, 0.1) is 0 Å². The molecule has 0 saturated heterocycles. The first-order valence-electron chi connectivity index (χ1n) is 9.80. The number of benzene rings is 3. The molecule has 2 aliphatic rings. The summed E-state index contributed by atoms with van der Waals surface area (Å²) in [6, 6.07) is 24.3. The van der Waals surface area contributed by atoms with Crippen molar-refractivity contribution in [2.24, 2.45) is 0 Å². The van der Waals surface area contributed by atoms with Gasteiger partial charge in [0.2, 0.25) is 5.36 Å². The first kappa shape index (κ1) is 25.0. The van der Waals surface area contributed by atoms with Crippen LogP contribution in [-0.2, 0) is 0 Å². The normalized spacial score (nSPS) is 13.6. The van der Waals surface area contributed by atoms with Crippen LogP contribution < -0.4 is 14.8 Å². The zero-order valence-corrected chi connectivity index (χ0v) is 20.1. The van der Waals surface area contributed by atoms with Crippen LogP contribution in [0.2, 0.25) is 0 Å². The third-order valence-corrected chi connectivity index (χ3v) is 5.90. The standard InChI is InChI=1S/C23H23N2S.F6P/c1-24(2)17-10-12-19-21(14-17)26-22-15-18(25(3)4)11-13-20(22)23(19)16-8-6-5-7-9-16;1-7(2,3,4,5)6/h5-15H,1-4H3;/q+1;-1. The van der Waals surface area contributed by atoms with Crippen molar-refractivity contribution in [3.8, 4) is 21.6 Å². The molecular formula is C23H23F6N2PS. The molecule has 1 heterocycles. The summed E-state index contributed by atoms with van der Waals surface area (Å²) < 4.78 is 62.7. The van der Waals surface area contributed by atoms with E-state index < -0.39 is 7.81 Å². The van der Waals surface area contributed by atoms with Crippen molar-refractivity contribution >= 4 is 34.9 Å². The van der Waals surface area contributed by atoms with Gasteiger partial charge in [-0.15, -0.1) is 11.3 Å². The van der Waals surface area contributed by atoms with E-state index in [1.165, 1.54) is 42.7 Å². The fraction of sp³-hybridized carbons (Fsp3) is 0.174. The second-order valence-electron chi connectivity index (χ2n) is 7.95. The average Bonchev–Trinajstić information content (AvgIpc) is 2.69. The SMILES string of the molecule is CN(C)c1ccc2c(-c3ccccc3)c3ccc(=[N+](C)C)cc-3sc2c1.F[P-](F)(F)(F)(F)F. The van der Waals surface area contributed by atoms with Crippen LogP contribution in [0, 0.1) is 0 Å². The quantitative estimate of drug-likeness (QED) is 0.116. The van der Waals surface area contributed by atoms with Gasteiger partial charge in [0, 0.05) is 52.4 Å². The molecule has 0 bridgehead atoms. The molecule has 0 unspecified atom stereocenters. The van der Waals surface area contributed by atoms with Crippen LogP contribution in [0.3, 0.4) is 0 Å². The minimum absolute atomic E-state index is 1.23. The molecule has 10 heteroatoms. The van der Waals surface area contributed by atoms with E-state index in [0.717, 1.165) is 0 Å². The van der Waals surface area contributed by atoms with Gasteiger partial charge in [0.1, 0.15) is 14.1 Å². The molecule has 0 saturated carbocycles. The van der Waals surface area contributed by atoms with E-state index in [-0.39, 0.29) is 0 Å². The first-order valence-corrected chi connectivity index (χ1v) is 12.6. The van der Waals surface area contributed by atoms with E-state index in [2.05, 4.69) is 104 Å². The van der Waals surface area contributed by atoms with Crippen molar-refractivity contribution < 1.29 is 25.2 Å².